The number of aliphatic imine (C=N–C) groups is 1. The first-order chi connectivity index (χ1) is 13.2. The second kappa shape index (κ2) is 10.5. The Kier molecular flexibility index (Phi) is 7.81. The molecule has 3 rings (SSSR count). The summed E-state index contributed by atoms with van der Waals surface area (Å²) in [7, 11) is 0. The highest BCUT2D eigenvalue weighted by Gasteiger charge is 2.20. The lowest BCUT2D eigenvalue weighted by Crippen LogP contribution is -2.45. The van der Waals surface area contributed by atoms with Crippen LogP contribution in [0.4, 0.5) is 0 Å². The van der Waals surface area contributed by atoms with Gasteiger partial charge in [-0.05, 0) is 76.0 Å². The van der Waals surface area contributed by atoms with E-state index in [0.29, 0.717) is 18.7 Å². The van der Waals surface area contributed by atoms with Crippen LogP contribution in [0.2, 0.25) is 0 Å². The van der Waals surface area contributed by atoms with Crippen molar-refractivity contribution in [3.8, 4) is 5.75 Å². The van der Waals surface area contributed by atoms with Gasteiger partial charge in [-0.2, -0.15) is 0 Å². The Morgan fingerprint density at radius 3 is 2.63 bits per heavy atom. The number of nitrogens with one attached hydrogen (secondary N) is 2. The molecule has 1 aromatic carbocycles. The fourth-order valence-corrected chi connectivity index (χ4v) is 4.00. The molecule has 0 amide bonds. The summed E-state index contributed by atoms with van der Waals surface area (Å²) in [5.41, 5.74) is 1.17. The Morgan fingerprint density at radius 2 is 1.89 bits per heavy atom. The smallest absolute Gasteiger partial charge is 0.191 e. The van der Waals surface area contributed by atoms with E-state index in [-0.39, 0.29) is 6.10 Å². The first-order valence-electron chi connectivity index (χ1n) is 10.7. The summed E-state index contributed by atoms with van der Waals surface area (Å²) in [6.07, 6.45) is 10.2. The molecule has 0 radical (unpaired) electrons. The molecule has 0 aromatic heterocycles. The van der Waals surface area contributed by atoms with Gasteiger partial charge >= 0.3 is 0 Å². The SMILES string of the molecule is CCNC(=NCc1cccc(OC2CCCCC2)c1)NC1CCC(O)CC1. The van der Waals surface area contributed by atoms with Crippen molar-refractivity contribution in [1.29, 1.82) is 0 Å². The molecule has 2 aliphatic rings. The van der Waals surface area contributed by atoms with E-state index in [1.54, 1.807) is 0 Å². The van der Waals surface area contributed by atoms with Crippen molar-refractivity contribution >= 4 is 5.96 Å². The molecule has 2 saturated carbocycles. The monoisotopic (exact) mass is 373 g/mol. The van der Waals surface area contributed by atoms with Gasteiger partial charge < -0.3 is 20.5 Å². The van der Waals surface area contributed by atoms with Crippen molar-refractivity contribution in [2.45, 2.75) is 89.5 Å². The summed E-state index contributed by atoms with van der Waals surface area (Å²) in [6, 6.07) is 8.74. The maximum Gasteiger partial charge on any atom is 0.191 e. The average molecular weight is 374 g/mol. The Balaban J connectivity index is 1.55. The van der Waals surface area contributed by atoms with E-state index in [9.17, 15) is 5.11 Å². The van der Waals surface area contributed by atoms with Crippen LogP contribution in [0.1, 0.15) is 70.3 Å². The molecule has 2 fully saturated rings. The Bertz CT molecular complexity index is 591. The minimum absolute atomic E-state index is 0.130. The molecule has 0 aliphatic heterocycles. The van der Waals surface area contributed by atoms with Crippen LogP contribution in [0.3, 0.4) is 0 Å². The average Bonchev–Trinajstić information content (AvgIpc) is 2.69. The number of nitrogens with zero attached hydrogens (tertiary/aromatic N) is 1. The van der Waals surface area contributed by atoms with Gasteiger partial charge in [0.1, 0.15) is 5.75 Å². The molecule has 0 heterocycles. The normalized spacial score (nSPS) is 24.4. The standard InChI is InChI=1S/C22H35N3O2/c1-2-23-22(25-18-11-13-19(26)14-12-18)24-16-17-7-6-10-21(15-17)27-20-8-4-3-5-9-20/h6-7,10,15,18-20,26H,2-5,8-9,11-14,16H2,1H3,(H2,23,24,25). The summed E-state index contributed by atoms with van der Waals surface area (Å²) >= 11 is 0. The fraction of sp³-hybridized carbons (Fsp3) is 0.682. The molecule has 5 nitrogen and oxygen atoms in total. The third-order valence-electron chi connectivity index (χ3n) is 5.55. The van der Waals surface area contributed by atoms with E-state index >= 15 is 0 Å². The van der Waals surface area contributed by atoms with Gasteiger partial charge in [-0.1, -0.05) is 18.6 Å². The highest BCUT2D eigenvalue weighted by molar-refractivity contribution is 5.80. The zero-order valence-corrected chi connectivity index (χ0v) is 16.6. The third-order valence-corrected chi connectivity index (χ3v) is 5.55. The van der Waals surface area contributed by atoms with Crippen LogP contribution in [0, 0.1) is 0 Å². The number of ether oxygens (including phenoxy) is 1. The topological polar surface area (TPSA) is 65.9 Å². The van der Waals surface area contributed by atoms with Crippen LogP contribution < -0.4 is 15.4 Å². The van der Waals surface area contributed by atoms with Gasteiger partial charge in [0.25, 0.3) is 0 Å². The second-order valence-corrected chi connectivity index (χ2v) is 7.87. The van der Waals surface area contributed by atoms with Crippen molar-refractivity contribution in [3.63, 3.8) is 0 Å². The molecule has 0 spiro atoms. The van der Waals surface area contributed by atoms with Gasteiger partial charge in [-0.25, -0.2) is 4.99 Å². The van der Waals surface area contributed by atoms with E-state index in [1.807, 2.05) is 0 Å². The lowest BCUT2D eigenvalue weighted by atomic mass is 9.93. The molecule has 0 bridgehead atoms. The lowest BCUT2D eigenvalue weighted by molar-refractivity contribution is 0.120. The Labute approximate surface area is 163 Å². The number of hydrogen-bond acceptors (Lipinski definition) is 3. The van der Waals surface area contributed by atoms with Crippen LogP contribution in [0.25, 0.3) is 0 Å². The highest BCUT2D eigenvalue weighted by atomic mass is 16.5. The van der Waals surface area contributed by atoms with Gasteiger partial charge in [-0.3, -0.25) is 0 Å². The summed E-state index contributed by atoms with van der Waals surface area (Å²) in [4.78, 5) is 4.76. The predicted octanol–water partition coefficient (Wildman–Crippen LogP) is 3.76. The number of benzene rings is 1. The second-order valence-electron chi connectivity index (χ2n) is 7.87. The molecular formula is C22H35N3O2. The van der Waals surface area contributed by atoms with E-state index < -0.39 is 0 Å². The number of rotatable bonds is 6. The summed E-state index contributed by atoms with van der Waals surface area (Å²) in [6.45, 7) is 3.55. The van der Waals surface area contributed by atoms with Gasteiger partial charge in [0, 0.05) is 12.6 Å². The Morgan fingerprint density at radius 1 is 1.11 bits per heavy atom. The minimum Gasteiger partial charge on any atom is -0.490 e. The quantitative estimate of drug-likeness (QED) is 0.525. The first kappa shape index (κ1) is 20.0. The van der Waals surface area contributed by atoms with Gasteiger partial charge in [-0.15, -0.1) is 0 Å². The number of aliphatic hydroxyl groups is 1. The van der Waals surface area contributed by atoms with Gasteiger partial charge in [0.05, 0.1) is 18.8 Å². The molecule has 150 valence electrons. The van der Waals surface area contributed by atoms with Crippen LogP contribution >= 0.6 is 0 Å². The number of hydrogen-bond donors (Lipinski definition) is 3. The molecule has 0 unspecified atom stereocenters. The largest absolute Gasteiger partial charge is 0.490 e. The summed E-state index contributed by atoms with van der Waals surface area (Å²) in [5, 5.41) is 16.5. The minimum atomic E-state index is -0.130. The van der Waals surface area contributed by atoms with Crippen molar-refractivity contribution in [3.05, 3.63) is 29.8 Å². The maximum absolute atomic E-state index is 9.67. The lowest BCUT2D eigenvalue weighted by Gasteiger charge is -2.27. The van der Waals surface area contributed by atoms with Crippen LogP contribution in [0.5, 0.6) is 5.75 Å². The van der Waals surface area contributed by atoms with Crippen LogP contribution in [-0.4, -0.2) is 35.9 Å². The molecule has 27 heavy (non-hydrogen) atoms. The van der Waals surface area contributed by atoms with E-state index in [1.165, 1.54) is 37.7 Å². The number of guanidine groups is 1. The molecule has 0 atom stereocenters. The molecule has 5 heteroatoms. The molecule has 1 aromatic rings. The molecule has 0 saturated heterocycles. The Hall–Kier alpha value is -1.75. The van der Waals surface area contributed by atoms with Gasteiger partial charge in [0.2, 0.25) is 0 Å². The van der Waals surface area contributed by atoms with Gasteiger partial charge in [0.15, 0.2) is 5.96 Å². The fourth-order valence-electron chi connectivity index (χ4n) is 4.00. The van der Waals surface area contributed by atoms with E-state index in [0.717, 1.165) is 43.9 Å². The van der Waals surface area contributed by atoms with E-state index in [4.69, 9.17) is 9.73 Å². The van der Waals surface area contributed by atoms with Crippen LogP contribution in [0.15, 0.2) is 29.3 Å². The molecular weight excluding hydrogens is 338 g/mol. The maximum atomic E-state index is 9.67. The van der Waals surface area contributed by atoms with Crippen molar-refractivity contribution in [2.75, 3.05) is 6.54 Å². The summed E-state index contributed by atoms with van der Waals surface area (Å²) < 4.78 is 6.18. The van der Waals surface area contributed by atoms with Crippen molar-refractivity contribution in [1.82, 2.24) is 10.6 Å². The van der Waals surface area contributed by atoms with Crippen molar-refractivity contribution in [2.24, 2.45) is 4.99 Å². The predicted molar refractivity (Wildman–Crippen MR) is 110 cm³/mol. The zero-order valence-electron chi connectivity index (χ0n) is 16.6. The third kappa shape index (κ3) is 6.73. The first-order valence-corrected chi connectivity index (χ1v) is 10.7. The van der Waals surface area contributed by atoms with Crippen LogP contribution in [-0.2, 0) is 6.54 Å². The van der Waals surface area contributed by atoms with E-state index in [2.05, 4.69) is 41.8 Å². The molecule has 3 N–H and O–H groups in total. The summed E-state index contributed by atoms with van der Waals surface area (Å²) in [5.74, 6) is 1.83. The highest BCUT2D eigenvalue weighted by Crippen LogP contribution is 2.24. The molecule has 2 aliphatic carbocycles. The van der Waals surface area contributed by atoms with Crippen molar-refractivity contribution < 1.29 is 9.84 Å². The zero-order chi connectivity index (χ0) is 18.9. The number of aliphatic hydroxyl groups excluding tert-OH is 1.